The summed E-state index contributed by atoms with van der Waals surface area (Å²) in [6, 6.07) is 26.7. The molecule has 0 bridgehead atoms. The average molecular weight is 614 g/mol. The number of hydrogen-bond donors (Lipinski definition) is 4. The van der Waals surface area contributed by atoms with E-state index in [1.54, 1.807) is 18.2 Å². The molecule has 0 saturated carbocycles. The third-order valence-corrected chi connectivity index (χ3v) is 5.77. The Morgan fingerprint density at radius 1 is 0.909 bits per heavy atom. The summed E-state index contributed by atoms with van der Waals surface area (Å²) in [5.41, 5.74) is 2.44. The topological polar surface area (TPSA) is 125 Å². The van der Waals surface area contributed by atoms with Crippen molar-refractivity contribution >= 4 is 23.6 Å². The van der Waals surface area contributed by atoms with E-state index in [0.29, 0.717) is 36.9 Å². The number of nitrogens with zero attached hydrogens (tertiary/aromatic N) is 2. The highest BCUT2D eigenvalue weighted by atomic mass is 19.4. The molecule has 0 unspecified atom stereocenters. The van der Waals surface area contributed by atoms with Crippen LogP contribution in [0.2, 0.25) is 0 Å². The van der Waals surface area contributed by atoms with E-state index in [1.165, 1.54) is 12.1 Å². The third-order valence-electron chi connectivity index (χ3n) is 5.77. The molecule has 0 aliphatic heterocycles. The molecule has 0 aliphatic rings. The number of nitrogens with one attached hydrogen (secondary N) is 3. The first kappa shape index (κ1) is 33.3. The molecule has 232 valence electrons. The van der Waals surface area contributed by atoms with E-state index >= 15 is 0 Å². The van der Waals surface area contributed by atoms with Crippen LogP contribution in [0.15, 0.2) is 91.0 Å². The Balaban J connectivity index is 0.000000676. The average Bonchev–Trinajstić information content (AvgIpc) is 2.98. The maximum Gasteiger partial charge on any atom is 0.490 e. The van der Waals surface area contributed by atoms with Crippen molar-refractivity contribution in [1.29, 1.82) is 0 Å². The second-order valence-electron chi connectivity index (χ2n) is 9.34. The van der Waals surface area contributed by atoms with Crippen LogP contribution in [0.4, 0.5) is 29.3 Å². The minimum Gasteiger partial charge on any atom is -0.492 e. The quantitative estimate of drug-likeness (QED) is 0.124. The van der Waals surface area contributed by atoms with Gasteiger partial charge in [0, 0.05) is 24.7 Å². The first-order chi connectivity index (χ1) is 21.0. The van der Waals surface area contributed by atoms with Crippen molar-refractivity contribution in [2.45, 2.75) is 32.1 Å². The summed E-state index contributed by atoms with van der Waals surface area (Å²) in [5, 5.41) is 16.5. The van der Waals surface area contributed by atoms with Crippen molar-refractivity contribution in [3.63, 3.8) is 0 Å². The van der Waals surface area contributed by atoms with Crippen LogP contribution in [-0.4, -0.2) is 52.3 Å². The number of carboxylic acid groups (broad SMARTS) is 1. The normalized spacial score (nSPS) is 11.4. The predicted molar refractivity (Wildman–Crippen MR) is 157 cm³/mol. The lowest BCUT2D eigenvalue weighted by Gasteiger charge is -2.20. The van der Waals surface area contributed by atoms with Gasteiger partial charge in [0.2, 0.25) is 11.9 Å². The van der Waals surface area contributed by atoms with Gasteiger partial charge < -0.3 is 25.8 Å². The van der Waals surface area contributed by atoms with E-state index in [9.17, 15) is 22.4 Å². The van der Waals surface area contributed by atoms with Crippen molar-refractivity contribution < 1.29 is 37.0 Å². The fourth-order valence-corrected chi connectivity index (χ4v) is 3.77. The zero-order chi connectivity index (χ0) is 32.0. The maximum atomic E-state index is 13.5. The second kappa shape index (κ2) is 16.4. The van der Waals surface area contributed by atoms with E-state index in [-0.39, 0.29) is 18.3 Å². The number of carbonyl (C=O) groups is 2. The number of carbonyl (C=O) groups excluding carboxylic acids is 1. The summed E-state index contributed by atoms with van der Waals surface area (Å²) in [5.74, 6) is -1.54. The molecule has 1 heterocycles. The molecule has 4 aromatic rings. The Labute approximate surface area is 251 Å². The lowest BCUT2D eigenvalue weighted by molar-refractivity contribution is -0.192. The van der Waals surface area contributed by atoms with Crippen LogP contribution in [0.1, 0.15) is 16.8 Å². The van der Waals surface area contributed by atoms with Crippen LogP contribution in [0.25, 0.3) is 0 Å². The van der Waals surface area contributed by atoms with E-state index in [1.807, 2.05) is 67.6 Å². The zero-order valence-electron chi connectivity index (χ0n) is 23.6. The Bertz CT molecular complexity index is 1490. The van der Waals surface area contributed by atoms with Crippen LogP contribution in [0.3, 0.4) is 0 Å². The van der Waals surface area contributed by atoms with Gasteiger partial charge in [0.05, 0.1) is 6.54 Å². The highest BCUT2D eigenvalue weighted by Gasteiger charge is 2.38. The second-order valence-corrected chi connectivity index (χ2v) is 9.34. The molecule has 4 rings (SSSR count). The van der Waals surface area contributed by atoms with Crippen LogP contribution in [0.5, 0.6) is 5.75 Å². The van der Waals surface area contributed by atoms with Gasteiger partial charge in [0.25, 0.3) is 0 Å². The lowest BCUT2D eigenvalue weighted by Crippen LogP contribution is -2.41. The first-order valence-corrected chi connectivity index (χ1v) is 13.4. The van der Waals surface area contributed by atoms with Crippen molar-refractivity contribution in [2.24, 2.45) is 0 Å². The Hall–Kier alpha value is -5.20. The summed E-state index contributed by atoms with van der Waals surface area (Å²) in [4.78, 5) is 31.1. The summed E-state index contributed by atoms with van der Waals surface area (Å²) >= 11 is 0. The van der Waals surface area contributed by atoms with Crippen molar-refractivity contribution in [3.8, 4) is 5.75 Å². The van der Waals surface area contributed by atoms with Crippen LogP contribution in [0, 0.1) is 12.7 Å². The summed E-state index contributed by atoms with van der Waals surface area (Å²) in [6.45, 7) is 3.05. The lowest BCUT2D eigenvalue weighted by atomic mass is 10.0. The number of aromatic nitrogens is 2. The molecule has 4 N–H and O–H groups in total. The SMILES string of the molecule is Cc1cc(N[C@@H](Cc2ccccc2)C(=O)NCc2cccc(F)c2)nc(NCCOc2ccccc2)n1.O=C(O)C(F)(F)F. The van der Waals surface area contributed by atoms with Gasteiger partial charge in [-0.2, -0.15) is 18.2 Å². The summed E-state index contributed by atoms with van der Waals surface area (Å²) in [7, 11) is 0. The van der Waals surface area contributed by atoms with Crippen molar-refractivity contribution in [1.82, 2.24) is 15.3 Å². The standard InChI is InChI=1S/C29H30FN5O2.C2HF3O2/c1-21-17-27(35-29(33-21)31-15-16-37-25-13-6-3-7-14-25)34-26(19-22-9-4-2-5-10-22)28(36)32-20-23-11-8-12-24(30)18-23;3-2(4,5)1(6)7/h2-14,17-18,26H,15-16,19-20H2,1H3,(H,32,36)(H2,31,33,34,35);(H,6,7)/t26-;/m0./s1. The number of halogens is 4. The van der Waals surface area contributed by atoms with Crippen molar-refractivity contribution in [3.05, 3.63) is 114 Å². The van der Waals surface area contributed by atoms with Crippen LogP contribution in [-0.2, 0) is 22.6 Å². The number of benzene rings is 3. The Morgan fingerprint density at radius 3 is 2.18 bits per heavy atom. The highest BCUT2D eigenvalue weighted by Crippen LogP contribution is 2.15. The molecular weight excluding hydrogens is 582 g/mol. The fourth-order valence-electron chi connectivity index (χ4n) is 3.77. The summed E-state index contributed by atoms with van der Waals surface area (Å²) in [6.07, 6.45) is -4.63. The monoisotopic (exact) mass is 613 g/mol. The van der Waals surface area contributed by atoms with E-state index in [2.05, 4.69) is 25.9 Å². The molecule has 1 atom stereocenters. The first-order valence-electron chi connectivity index (χ1n) is 13.4. The van der Waals surface area contributed by atoms with Gasteiger partial charge in [0.15, 0.2) is 0 Å². The molecule has 0 spiro atoms. The van der Waals surface area contributed by atoms with Gasteiger partial charge in [-0.15, -0.1) is 0 Å². The number of aryl methyl sites for hydroxylation is 1. The zero-order valence-corrected chi connectivity index (χ0v) is 23.6. The van der Waals surface area contributed by atoms with Gasteiger partial charge in [-0.1, -0.05) is 60.7 Å². The molecule has 1 aromatic heterocycles. The molecule has 44 heavy (non-hydrogen) atoms. The largest absolute Gasteiger partial charge is 0.492 e. The highest BCUT2D eigenvalue weighted by molar-refractivity contribution is 5.84. The third kappa shape index (κ3) is 12.0. The number of carboxylic acids is 1. The molecule has 13 heteroatoms. The number of rotatable bonds is 12. The Morgan fingerprint density at radius 2 is 1.55 bits per heavy atom. The minimum absolute atomic E-state index is 0.213. The number of anilines is 2. The number of ether oxygens (including phenoxy) is 1. The fraction of sp³-hybridized carbons (Fsp3) is 0.226. The van der Waals surface area contributed by atoms with Gasteiger partial charge in [0.1, 0.15) is 30.0 Å². The van der Waals surface area contributed by atoms with Crippen molar-refractivity contribution in [2.75, 3.05) is 23.8 Å². The van der Waals surface area contributed by atoms with Crippen LogP contribution < -0.4 is 20.7 Å². The molecule has 3 aromatic carbocycles. The number of alkyl halides is 3. The van der Waals surface area contributed by atoms with Gasteiger partial charge in [-0.3, -0.25) is 4.79 Å². The molecule has 0 aliphatic carbocycles. The molecule has 0 fully saturated rings. The molecule has 0 radical (unpaired) electrons. The van der Waals surface area contributed by atoms with Gasteiger partial charge in [-0.25, -0.2) is 14.2 Å². The number of aliphatic carboxylic acids is 1. The van der Waals surface area contributed by atoms with Gasteiger partial charge >= 0.3 is 12.1 Å². The number of para-hydroxylation sites is 1. The molecule has 9 nitrogen and oxygen atoms in total. The number of amides is 1. The smallest absolute Gasteiger partial charge is 0.490 e. The Kier molecular flexibility index (Phi) is 12.4. The number of hydrogen-bond acceptors (Lipinski definition) is 7. The van der Waals surface area contributed by atoms with Gasteiger partial charge in [-0.05, 0) is 42.3 Å². The maximum absolute atomic E-state index is 13.5. The summed E-state index contributed by atoms with van der Waals surface area (Å²) < 4.78 is 51.0. The molecule has 0 saturated heterocycles. The van der Waals surface area contributed by atoms with E-state index in [0.717, 1.165) is 17.0 Å². The molecule has 1 amide bonds. The predicted octanol–water partition coefficient (Wildman–Crippen LogP) is 5.39. The van der Waals surface area contributed by atoms with E-state index in [4.69, 9.17) is 14.6 Å². The van der Waals surface area contributed by atoms with E-state index < -0.39 is 18.2 Å². The minimum atomic E-state index is -5.08. The molecular formula is C31H31F4N5O4. The van der Waals surface area contributed by atoms with Crippen LogP contribution >= 0.6 is 0 Å².